The van der Waals surface area contributed by atoms with Crippen molar-refractivity contribution in [2.45, 2.75) is 25.3 Å². The molecule has 28 heavy (non-hydrogen) atoms. The lowest BCUT2D eigenvalue weighted by Gasteiger charge is -2.11. The number of hydrogen-bond donors (Lipinski definition) is 1. The van der Waals surface area contributed by atoms with Gasteiger partial charge in [-0.1, -0.05) is 42.5 Å². The predicted molar refractivity (Wildman–Crippen MR) is 114 cm³/mol. The Labute approximate surface area is 169 Å². The predicted octanol–water partition coefficient (Wildman–Crippen LogP) is 4.97. The average Bonchev–Trinajstić information content (AvgIpc) is 2.70. The van der Waals surface area contributed by atoms with Crippen molar-refractivity contribution < 1.29 is 9.53 Å². The van der Waals surface area contributed by atoms with Crippen LogP contribution in [0.3, 0.4) is 0 Å². The molecule has 1 aromatic heterocycles. The maximum absolute atomic E-state index is 12.3. The molecule has 1 amide bonds. The van der Waals surface area contributed by atoms with E-state index in [0.29, 0.717) is 30.2 Å². The number of rotatable bonds is 8. The fraction of sp³-hybridized carbons (Fsp3) is 0.227. The summed E-state index contributed by atoms with van der Waals surface area (Å²) in [4.78, 5) is 21.3. The molecule has 0 unspecified atom stereocenters. The third kappa shape index (κ3) is 5.57. The molecule has 2 aromatic carbocycles. The Morgan fingerprint density at radius 1 is 1.07 bits per heavy atom. The Morgan fingerprint density at radius 3 is 2.61 bits per heavy atom. The molecule has 1 N–H and O–H groups in total. The molecule has 0 spiro atoms. The number of carbonyl (C=O) groups is 1. The SMILES string of the molecule is CCOc1ccccc1NC(=O)CCSc1cc(-c2ccccc2)nc(C)n1. The highest BCUT2D eigenvalue weighted by atomic mass is 32.2. The quantitative estimate of drug-likeness (QED) is 0.432. The molecule has 3 aromatic rings. The Hall–Kier alpha value is -2.86. The molecular weight excluding hydrogens is 370 g/mol. The molecule has 1 heterocycles. The number of benzene rings is 2. The van der Waals surface area contributed by atoms with Crippen LogP contribution in [0.2, 0.25) is 0 Å². The lowest BCUT2D eigenvalue weighted by Crippen LogP contribution is -2.13. The van der Waals surface area contributed by atoms with Crippen LogP contribution in [0.1, 0.15) is 19.2 Å². The van der Waals surface area contributed by atoms with E-state index in [1.165, 1.54) is 0 Å². The van der Waals surface area contributed by atoms with Crippen molar-refractivity contribution in [3.63, 3.8) is 0 Å². The zero-order valence-corrected chi connectivity index (χ0v) is 16.8. The summed E-state index contributed by atoms with van der Waals surface area (Å²) >= 11 is 1.55. The molecule has 0 aliphatic heterocycles. The minimum atomic E-state index is -0.0475. The molecule has 0 aliphatic rings. The molecule has 6 heteroatoms. The van der Waals surface area contributed by atoms with Crippen molar-refractivity contribution in [2.75, 3.05) is 17.7 Å². The van der Waals surface area contributed by atoms with E-state index in [9.17, 15) is 4.79 Å². The van der Waals surface area contributed by atoms with Crippen molar-refractivity contribution in [1.82, 2.24) is 9.97 Å². The molecule has 0 fully saturated rings. The fourth-order valence-electron chi connectivity index (χ4n) is 2.68. The van der Waals surface area contributed by atoms with Crippen molar-refractivity contribution in [3.05, 3.63) is 66.5 Å². The van der Waals surface area contributed by atoms with E-state index in [-0.39, 0.29) is 5.91 Å². The summed E-state index contributed by atoms with van der Waals surface area (Å²) in [6.07, 6.45) is 0.384. The Balaban J connectivity index is 1.58. The second kappa shape index (κ2) is 9.90. The summed E-state index contributed by atoms with van der Waals surface area (Å²) in [5, 5.41) is 3.79. The number of carbonyl (C=O) groups excluding carboxylic acids is 1. The summed E-state index contributed by atoms with van der Waals surface area (Å²) in [6.45, 7) is 4.36. The van der Waals surface area contributed by atoms with Crippen molar-refractivity contribution >= 4 is 23.4 Å². The Kier molecular flexibility index (Phi) is 7.03. The van der Waals surface area contributed by atoms with E-state index in [4.69, 9.17) is 4.74 Å². The first kappa shape index (κ1) is 19.9. The van der Waals surface area contributed by atoms with Crippen LogP contribution in [-0.2, 0) is 4.79 Å². The lowest BCUT2D eigenvalue weighted by atomic mass is 10.1. The minimum Gasteiger partial charge on any atom is -0.492 e. The van der Waals surface area contributed by atoms with Crippen LogP contribution in [-0.4, -0.2) is 28.2 Å². The van der Waals surface area contributed by atoms with Crippen molar-refractivity contribution in [2.24, 2.45) is 0 Å². The number of nitrogens with one attached hydrogen (secondary N) is 1. The molecule has 0 atom stereocenters. The number of para-hydroxylation sites is 2. The minimum absolute atomic E-state index is 0.0475. The van der Waals surface area contributed by atoms with Crippen LogP contribution >= 0.6 is 11.8 Å². The summed E-state index contributed by atoms with van der Waals surface area (Å²) < 4.78 is 5.54. The van der Waals surface area contributed by atoms with E-state index < -0.39 is 0 Å². The number of thioether (sulfide) groups is 1. The Morgan fingerprint density at radius 2 is 1.82 bits per heavy atom. The lowest BCUT2D eigenvalue weighted by molar-refractivity contribution is -0.115. The third-order valence-electron chi connectivity index (χ3n) is 3.92. The van der Waals surface area contributed by atoms with Gasteiger partial charge in [0.2, 0.25) is 5.91 Å². The zero-order chi connectivity index (χ0) is 19.8. The number of amides is 1. The molecule has 0 radical (unpaired) electrons. The van der Waals surface area contributed by atoms with Gasteiger partial charge in [0, 0.05) is 17.7 Å². The number of ether oxygens (including phenoxy) is 1. The second-order valence-electron chi connectivity index (χ2n) is 6.08. The van der Waals surface area contributed by atoms with Crippen molar-refractivity contribution in [3.8, 4) is 17.0 Å². The highest BCUT2D eigenvalue weighted by Crippen LogP contribution is 2.25. The van der Waals surface area contributed by atoms with Crippen molar-refractivity contribution in [1.29, 1.82) is 0 Å². The van der Waals surface area contributed by atoms with Gasteiger partial charge in [-0.15, -0.1) is 11.8 Å². The zero-order valence-electron chi connectivity index (χ0n) is 16.0. The number of aromatic nitrogens is 2. The van der Waals surface area contributed by atoms with Crippen LogP contribution in [0.15, 0.2) is 65.7 Å². The second-order valence-corrected chi connectivity index (χ2v) is 7.20. The maximum atomic E-state index is 12.3. The van der Waals surface area contributed by atoms with Gasteiger partial charge in [0.25, 0.3) is 0 Å². The average molecular weight is 394 g/mol. The van der Waals surface area contributed by atoms with Crippen LogP contribution < -0.4 is 10.1 Å². The number of nitrogens with zero attached hydrogens (tertiary/aromatic N) is 2. The molecule has 5 nitrogen and oxygen atoms in total. The standard InChI is InChI=1S/C22H23N3O2S/c1-3-27-20-12-8-7-11-18(20)25-21(26)13-14-28-22-15-19(23-16(2)24-22)17-9-5-4-6-10-17/h4-12,15H,3,13-14H2,1-2H3,(H,25,26). The summed E-state index contributed by atoms with van der Waals surface area (Å²) in [5.41, 5.74) is 2.65. The van der Waals surface area contributed by atoms with E-state index in [1.807, 2.05) is 74.5 Å². The maximum Gasteiger partial charge on any atom is 0.225 e. The smallest absolute Gasteiger partial charge is 0.225 e. The Bertz CT molecular complexity index is 932. The van der Waals surface area contributed by atoms with Gasteiger partial charge < -0.3 is 10.1 Å². The van der Waals surface area contributed by atoms with Crippen LogP contribution in [0.4, 0.5) is 5.69 Å². The van der Waals surface area contributed by atoms with Gasteiger partial charge in [-0.2, -0.15) is 0 Å². The summed E-state index contributed by atoms with van der Waals surface area (Å²) in [6, 6.07) is 19.4. The van der Waals surface area contributed by atoms with Gasteiger partial charge in [-0.05, 0) is 32.0 Å². The number of anilines is 1. The van der Waals surface area contributed by atoms with E-state index in [2.05, 4.69) is 15.3 Å². The summed E-state index contributed by atoms with van der Waals surface area (Å²) in [7, 11) is 0. The van der Waals surface area contributed by atoms with Gasteiger partial charge in [0.1, 0.15) is 16.6 Å². The molecule has 0 bridgehead atoms. The van der Waals surface area contributed by atoms with Gasteiger partial charge >= 0.3 is 0 Å². The van der Waals surface area contributed by atoms with Gasteiger partial charge in [0.15, 0.2) is 0 Å². The van der Waals surface area contributed by atoms with Crippen LogP contribution in [0, 0.1) is 6.92 Å². The molecule has 0 aliphatic carbocycles. The summed E-state index contributed by atoms with van der Waals surface area (Å²) in [5.74, 6) is 1.99. The fourth-order valence-corrected chi connectivity index (χ4v) is 3.57. The first-order valence-electron chi connectivity index (χ1n) is 9.21. The monoisotopic (exact) mass is 393 g/mol. The molecule has 0 saturated heterocycles. The topological polar surface area (TPSA) is 64.1 Å². The molecule has 0 saturated carbocycles. The molecule has 3 rings (SSSR count). The number of aryl methyl sites for hydroxylation is 1. The van der Waals surface area contributed by atoms with Crippen LogP contribution in [0.5, 0.6) is 5.75 Å². The normalized spacial score (nSPS) is 10.5. The molecule has 144 valence electrons. The first-order valence-corrected chi connectivity index (χ1v) is 10.2. The van der Waals surface area contributed by atoms with Gasteiger partial charge in [0.05, 0.1) is 18.0 Å². The van der Waals surface area contributed by atoms with E-state index in [1.54, 1.807) is 11.8 Å². The van der Waals surface area contributed by atoms with Gasteiger partial charge in [-0.25, -0.2) is 9.97 Å². The highest BCUT2D eigenvalue weighted by Gasteiger charge is 2.09. The molecular formula is C22H23N3O2S. The largest absolute Gasteiger partial charge is 0.492 e. The third-order valence-corrected chi connectivity index (χ3v) is 4.84. The first-order chi connectivity index (χ1) is 13.7. The number of hydrogen-bond acceptors (Lipinski definition) is 5. The van der Waals surface area contributed by atoms with Gasteiger partial charge in [-0.3, -0.25) is 4.79 Å². The highest BCUT2D eigenvalue weighted by molar-refractivity contribution is 7.99. The van der Waals surface area contributed by atoms with E-state index in [0.717, 1.165) is 22.1 Å². The van der Waals surface area contributed by atoms with Crippen LogP contribution in [0.25, 0.3) is 11.3 Å². The van der Waals surface area contributed by atoms with E-state index >= 15 is 0 Å².